The van der Waals surface area contributed by atoms with E-state index >= 15 is 0 Å². The Bertz CT molecular complexity index is 1630. The fourth-order valence-electron chi connectivity index (χ4n) is 6.38. The number of alkyl carbamates (subject to hydrolysis) is 1. The molecular weight excluding hydrogens is 653 g/mol. The lowest BCUT2D eigenvalue weighted by molar-refractivity contribution is -0.231. The minimum atomic E-state index is -2.76. The van der Waals surface area contributed by atoms with Crippen molar-refractivity contribution in [2.45, 2.75) is 46.2 Å². The molecular formula is C28H28Cl3N7O7. The molecule has 4 aliphatic heterocycles. The van der Waals surface area contributed by atoms with Crippen molar-refractivity contribution in [2.24, 2.45) is 4.99 Å². The summed E-state index contributed by atoms with van der Waals surface area (Å²) in [5.41, 5.74) is -1.62. The third-order valence-electron chi connectivity index (χ3n) is 8.33. The van der Waals surface area contributed by atoms with Crippen LogP contribution < -0.4 is 21.3 Å². The number of aliphatic imine (C=N–C) groups is 1. The highest BCUT2D eigenvalue weighted by molar-refractivity contribution is 6.67. The van der Waals surface area contributed by atoms with Gasteiger partial charge < -0.3 is 35.8 Å². The smallest absolute Gasteiger partial charge is 0.414 e. The summed E-state index contributed by atoms with van der Waals surface area (Å²) in [6, 6.07) is 8.99. The first-order chi connectivity index (χ1) is 21.2. The second kappa shape index (κ2) is 11.2. The van der Waals surface area contributed by atoms with Gasteiger partial charge in [-0.15, -0.1) is 0 Å². The molecule has 0 bridgehead atoms. The number of guanidine groups is 1. The molecule has 17 heteroatoms. The van der Waals surface area contributed by atoms with Gasteiger partial charge in [-0.1, -0.05) is 77.8 Å². The zero-order valence-corrected chi connectivity index (χ0v) is 25.7. The summed E-state index contributed by atoms with van der Waals surface area (Å²) in [5, 5.41) is 36.5. The first-order valence-electron chi connectivity index (χ1n) is 13.9. The molecule has 1 unspecified atom stereocenters. The van der Waals surface area contributed by atoms with Crippen molar-refractivity contribution in [3.63, 3.8) is 0 Å². The highest BCUT2D eigenvalue weighted by atomic mass is 35.6. The number of alkyl halides is 3. The van der Waals surface area contributed by atoms with Gasteiger partial charge in [-0.05, 0) is 16.8 Å². The maximum atomic E-state index is 13.6. The maximum Gasteiger partial charge on any atom is 0.414 e. The summed E-state index contributed by atoms with van der Waals surface area (Å²) in [5.74, 6) is -4.23. The molecule has 4 heterocycles. The van der Waals surface area contributed by atoms with Crippen molar-refractivity contribution in [1.29, 1.82) is 0 Å². The molecule has 3 fully saturated rings. The van der Waals surface area contributed by atoms with Crippen LogP contribution in [0.15, 0.2) is 59.9 Å². The molecule has 4 aliphatic rings. The Morgan fingerprint density at radius 1 is 1.11 bits per heavy atom. The Morgan fingerprint density at radius 2 is 1.80 bits per heavy atom. The van der Waals surface area contributed by atoms with Gasteiger partial charge >= 0.3 is 6.09 Å². The van der Waals surface area contributed by atoms with Crippen LogP contribution in [0.25, 0.3) is 10.8 Å². The number of halogens is 3. The Labute approximate surface area is 271 Å². The zero-order chi connectivity index (χ0) is 32.3. The molecule has 0 radical (unpaired) electrons. The van der Waals surface area contributed by atoms with Crippen molar-refractivity contribution in [2.75, 3.05) is 19.7 Å². The Hall–Kier alpha value is -3.82. The van der Waals surface area contributed by atoms with E-state index in [0.717, 1.165) is 10.3 Å². The van der Waals surface area contributed by atoms with Gasteiger partial charge in [0, 0.05) is 24.9 Å². The van der Waals surface area contributed by atoms with E-state index in [9.17, 15) is 29.4 Å². The predicted octanol–water partition coefficient (Wildman–Crippen LogP) is 0.647. The number of amides is 4. The van der Waals surface area contributed by atoms with Crippen molar-refractivity contribution >= 4 is 75.3 Å². The van der Waals surface area contributed by atoms with Crippen LogP contribution in [0.1, 0.15) is 23.2 Å². The van der Waals surface area contributed by atoms with Crippen LogP contribution in [0.2, 0.25) is 0 Å². The van der Waals surface area contributed by atoms with E-state index in [0.29, 0.717) is 10.9 Å². The summed E-state index contributed by atoms with van der Waals surface area (Å²) < 4.78 is 3.10. The fourth-order valence-corrected chi connectivity index (χ4v) is 6.54. The van der Waals surface area contributed by atoms with Gasteiger partial charge in [0.25, 0.3) is 5.91 Å². The lowest BCUT2D eigenvalue weighted by Gasteiger charge is -2.49. The van der Waals surface area contributed by atoms with Gasteiger partial charge in [0.2, 0.25) is 27.4 Å². The molecule has 45 heavy (non-hydrogen) atoms. The number of nitrogens with one attached hydrogen (secondary N) is 4. The SMILES string of the molecule is C=C1N[C@H]2[C@H](CN3C(=O)CCC3=O)N=C(NC(=O)OCC(Cl)(Cl)Cl)N3CC(NC(=O)c4cccc5ccccc45)C(O)(O)[C@]23N1. The molecule has 1 spiro atoms. The molecule has 4 atom stereocenters. The second-order valence-corrected chi connectivity index (χ2v) is 13.6. The average Bonchev–Trinajstić information content (AvgIpc) is 3.58. The van der Waals surface area contributed by atoms with Gasteiger partial charge in [0.15, 0.2) is 5.66 Å². The number of nitrogens with zero attached hydrogens (tertiary/aromatic N) is 3. The summed E-state index contributed by atoms with van der Waals surface area (Å²) in [6.07, 6.45) is -1.04. The highest BCUT2D eigenvalue weighted by Gasteiger charge is 2.74. The lowest BCUT2D eigenvalue weighted by Crippen LogP contribution is -2.78. The van der Waals surface area contributed by atoms with Crippen LogP contribution >= 0.6 is 34.8 Å². The third-order valence-corrected chi connectivity index (χ3v) is 8.66. The molecule has 6 rings (SSSR count). The number of hydrogen-bond donors (Lipinski definition) is 6. The summed E-state index contributed by atoms with van der Waals surface area (Å²) in [6.45, 7) is 2.75. The van der Waals surface area contributed by atoms with Gasteiger partial charge in [-0.2, -0.15) is 0 Å². The van der Waals surface area contributed by atoms with E-state index in [1.54, 1.807) is 24.3 Å². The molecule has 0 aliphatic carbocycles. The van der Waals surface area contributed by atoms with Gasteiger partial charge in [-0.25, -0.2) is 9.79 Å². The molecule has 0 aromatic heterocycles. The summed E-state index contributed by atoms with van der Waals surface area (Å²) in [7, 11) is 0. The van der Waals surface area contributed by atoms with Crippen LogP contribution in [0.5, 0.6) is 0 Å². The molecule has 0 saturated carbocycles. The first-order valence-corrected chi connectivity index (χ1v) is 15.0. The minimum Gasteiger partial charge on any atom is -0.445 e. The van der Waals surface area contributed by atoms with E-state index in [4.69, 9.17) is 39.5 Å². The van der Waals surface area contributed by atoms with Crippen molar-refractivity contribution in [1.82, 2.24) is 31.1 Å². The van der Waals surface area contributed by atoms with Crippen LogP contribution in [0.4, 0.5) is 4.79 Å². The number of aliphatic hydroxyl groups is 2. The number of benzene rings is 2. The Kier molecular flexibility index (Phi) is 7.77. The van der Waals surface area contributed by atoms with Gasteiger partial charge in [-0.3, -0.25) is 24.6 Å². The molecule has 238 valence electrons. The minimum absolute atomic E-state index is 0.0241. The number of ether oxygens (including phenoxy) is 1. The molecule has 6 N–H and O–H groups in total. The standard InChI is InChI=1S/C28H28Cl3N7O7/c1-14-32-22-18(11-37-20(39)9-10-21(37)40)33-24(35-25(42)45-13-26(29,30)31)38-12-19(28(43,44)27(22,38)36-14)34-23(41)17-8-4-6-15-5-2-3-7-16(15)17/h2-8,18-19,22,32,36,43-44H,1,9-13H2,(H,34,41)(H,33,35,42)/t18-,19?,22-,27-/m0/s1. The molecule has 4 amide bonds. The second-order valence-electron chi connectivity index (χ2n) is 11.1. The number of carbonyl (C=O) groups is 4. The van der Waals surface area contributed by atoms with E-state index in [1.165, 1.54) is 4.90 Å². The Morgan fingerprint density at radius 3 is 2.51 bits per heavy atom. The number of carbonyl (C=O) groups excluding carboxylic acids is 4. The van der Waals surface area contributed by atoms with Gasteiger partial charge in [0.05, 0.1) is 24.4 Å². The average molecular weight is 681 g/mol. The molecule has 2 aromatic carbocycles. The van der Waals surface area contributed by atoms with Crippen molar-refractivity contribution in [3.05, 3.63) is 60.4 Å². The normalized spacial score (nSPS) is 27.0. The van der Waals surface area contributed by atoms with E-state index < -0.39 is 63.8 Å². The topological polar surface area (TPSA) is 185 Å². The van der Waals surface area contributed by atoms with Crippen LogP contribution in [-0.2, 0) is 14.3 Å². The molecule has 3 saturated heterocycles. The van der Waals surface area contributed by atoms with E-state index in [2.05, 4.69) is 32.8 Å². The summed E-state index contributed by atoms with van der Waals surface area (Å²) >= 11 is 17.1. The third kappa shape index (κ3) is 5.40. The number of rotatable bonds is 5. The largest absolute Gasteiger partial charge is 0.445 e. The zero-order valence-electron chi connectivity index (χ0n) is 23.4. The molecule has 14 nitrogen and oxygen atoms in total. The predicted molar refractivity (Wildman–Crippen MR) is 163 cm³/mol. The maximum absolute atomic E-state index is 13.6. The lowest BCUT2D eigenvalue weighted by atomic mass is 9.85. The monoisotopic (exact) mass is 679 g/mol. The molecule has 2 aromatic rings. The Balaban J connectivity index is 1.37. The fraction of sp³-hybridized carbons (Fsp3) is 0.393. The number of hydrogen-bond acceptors (Lipinski definition) is 11. The van der Waals surface area contributed by atoms with Crippen LogP contribution in [0.3, 0.4) is 0 Å². The van der Waals surface area contributed by atoms with Crippen LogP contribution in [0, 0.1) is 0 Å². The highest BCUT2D eigenvalue weighted by Crippen LogP contribution is 2.45. The van der Waals surface area contributed by atoms with Crippen LogP contribution in [-0.4, -0.2) is 103 Å². The number of fused-ring (bicyclic) bond motifs is 1. The van der Waals surface area contributed by atoms with Crippen molar-refractivity contribution < 1.29 is 34.1 Å². The van der Waals surface area contributed by atoms with Crippen molar-refractivity contribution in [3.8, 4) is 0 Å². The first kappa shape index (κ1) is 31.2. The van der Waals surface area contributed by atoms with Gasteiger partial charge in [0.1, 0.15) is 12.6 Å². The number of likely N-dealkylation sites (tertiary alicyclic amines) is 1. The summed E-state index contributed by atoms with van der Waals surface area (Å²) in [4.78, 5) is 58.5. The number of imide groups is 1. The van der Waals surface area contributed by atoms with E-state index in [1.807, 2.05) is 18.2 Å². The van der Waals surface area contributed by atoms with E-state index in [-0.39, 0.29) is 37.7 Å². The quantitative estimate of drug-likeness (QED) is 0.149.